The Morgan fingerprint density at radius 2 is 0.979 bits per heavy atom. The van der Waals surface area contributed by atoms with E-state index in [1.165, 1.54) is 54.2 Å². The van der Waals surface area contributed by atoms with Crippen LogP contribution in [0.4, 0.5) is 0 Å². The molecule has 8 aromatic carbocycles. The maximum Gasteiger partial charge on any atom is 0.165 e. The van der Waals surface area contributed by atoms with Crippen LogP contribution in [0.1, 0.15) is 0 Å². The van der Waals surface area contributed by atoms with E-state index in [-0.39, 0.29) is 0 Å². The summed E-state index contributed by atoms with van der Waals surface area (Å²) in [6, 6.07) is 58.4. The Balaban J connectivity index is 1.29. The second-order valence-electron chi connectivity index (χ2n) is 12.2. The number of para-hydroxylation sites is 3. The molecule has 0 amide bonds. The predicted octanol–water partition coefficient (Wildman–Crippen LogP) is 11.5. The number of fused-ring (bicyclic) bond motifs is 9. The zero-order valence-corrected chi connectivity index (χ0v) is 25.4. The fourth-order valence-corrected chi connectivity index (χ4v) is 7.31. The first-order chi connectivity index (χ1) is 23.3. The summed E-state index contributed by atoms with van der Waals surface area (Å²) in [5.74, 6) is 0.827. The maximum atomic E-state index is 5.35. The van der Waals surface area contributed by atoms with Gasteiger partial charge in [0.05, 0.1) is 22.1 Å². The Hall–Kier alpha value is -6.32. The third-order valence-corrected chi connectivity index (χ3v) is 9.55. The smallest absolute Gasteiger partial charge is 0.165 e. The molecule has 10 rings (SSSR count). The molecule has 3 heteroatoms. The van der Waals surface area contributed by atoms with Crippen LogP contribution in [-0.4, -0.2) is 14.5 Å². The molecule has 3 nitrogen and oxygen atoms in total. The van der Waals surface area contributed by atoms with Crippen LogP contribution >= 0.6 is 0 Å². The van der Waals surface area contributed by atoms with Gasteiger partial charge in [-0.2, -0.15) is 0 Å². The third kappa shape index (κ3) is 4.00. The predicted molar refractivity (Wildman–Crippen MR) is 197 cm³/mol. The highest BCUT2D eigenvalue weighted by atomic mass is 15.1. The van der Waals surface area contributed by atoms with Gasteiger partial charge in [-0.05, 0) is 73.8 Å². The Morgan fingerprint density at radius 3 is 1.81 bits per heavy atom. The minimum atomic E-state index is 0.827. The molecule has 0 bridgehead atoms. The summed E-state index contributed by atoms with van der Waals surface area (Å²) in [6.07, 6.45) is 0. The summed E-state index contributed by atoms with van der Waals surface area (Å²) < 4.78 is 2.32. The van der Waals surface area contributed by atoms with E-state index < -0.39 is 0 Å². The average Bonchev–Trinajstić information content (AvgIpc) is 3.46. The molecule has 0 spiro atoms. The fraction of sp³-hybridized carbons (Fsp3) is 0. The van der Waals surface area contributed by atoms with Crippen molar-refractivity contribution in [3.05, 3.63) is 164 Å². The van der Waals surface area contributed by atoms with Gasteiger partial charge in [-0.1, -0.05) is 133 Å². The minimum Gasteiger partial charge on any atom is -0.292 e. The standard InChI is InChI=1S/C44H27N3/c1-2-10-28(11-3-1)29-18-23-32(24-19-29)43-44(46-39-16-8-7-15-38(39)45-43)47-40-17-9-6-14-35(40)37-27-36-33(26-41(37)47)25-22-31-21-20-30-12-4-5-13-34(30)42(31)36/h1-27H. The van der Waals surface area contributed by atoms with Crippen molar-refractivity contribution >= 4 is 65.2 Å². The number of hydrogen-bond donors (Lipinski definition) is 0. The third-order valence-electron chi connectivity index (χ3n) is 9.55. The van der Waals surface area contributed by atoms with Crippen LogP contribution in [0, 0.1) is 0 Å². The molecule has 2 heterocycles. The molecule has 218 valence electrons. The van der Waals surface area contributed by atoms with Crippen molar-refractivity contribution in [2.45, 2.75) is 0 Å². The molecule has 47 heavy (non-hydrogen) atoms. The molecule has 0 fully saturated rings. The zero-order valence-electron chi connectivity index (χ0n) is 25.4. The lowest BCUT2D eigenvalue weighted by Gasteiger charge is -2.14. The first-order valence-corrected chi connectivity index (χ1v) is 16.0. The van der Waals surface area contributed by atoms with Gasteiger partial charge in [-0.3, -0.25) is 4.57 Å². The van der Waals surface area contributed by atoms with Crippen LogP contribution in [0.2, 0.25) is 0 Å². The lowest BCUT2D eigenvalue weighted by molar-refractivity contribution is 1.08. The molecule has 0 aliphatic heterocycles. The van der Waals surface area contributed by atoms with Gasteiger partial charge in [0.15, 0.2) is 5.82 Å². The minimum absolute atomic E-state index is 0.827. The molecule has 0 radical (unpaired) electrons. The molecule has 0 saturated heterocycles. The molecule has 0 saturated carbocycles. The lowest BCUT2D eigenvalue weighted by Crippen LogP contribution is -2.03. The van der Waals surface area contributed by atoms with Gasteiger partial charge < -0.3 is 0 Å². The molecular weight excluding hydrogens is 571 g/mol. The summed E-state index contributed by atoms with van der Waals surface area (Å²) in [4.78, 5) is 10.6. The Kier molecular flexibility index (Phi) is 5.57. The quantitative estimate of drug-likeness (QED) is 0.190. The van der Waals surface area contributed by atoms with Crippen molar-refractivity contribution in [1.29, 1.82) is 0 Å². The fourth-order valence-electron chi connectivity index (χ4n) is 7.31. The van der Waals surface area contributed by atoms with Crippen molar-refractivity contribution in [2.75, 3.05) is 0 Å². The van der Waals surface area contributed by atoms with Crippen molar-refractivity contribution in [2.24, 2.45) is 0 Å². The normalized spacial score (nSPS) is 11.8. The van der Waals surface area contributed by atoms with Gasteiger partial charge in [0.25, 0.3) is 0 Å². The van der Waals surface area contributed by atoms with E-state index in [9.17, 15) is 0 Å². The van der Waals surface area contributed by atoms with E-state index in [4.69, 9.17) is 9.97 Å². The number of hydrogen-bond acceptors (Lipinski definition) is 2. The second-order valence-corrected chi connectivity index (χ2v) is 12.2. The van der Waals surface area contributed by atoms with Crippen molar-refractivity contribution in [1.82, 2.24) is 14.5 Å². The first-order valence-electron chi connectivity index (χ1n) is 16.0. The van der Waals surface area contributed by atoms with Gasteiger partial charge >= 0.3 is 0 Å². The van der Waals surface area contributed by atoms with E-state index in [2.05, 4.69) is 150 Å². The van der Waals surface area contributed by atoms with Crippen LogP contribution in [0.5, 0.6) is 0 Å². The molecule has 0 N–H and O–H groups in total. The summed E-state index contributed by atoms with van der Waals surface area (Å²) in [5.41, 5.74) is 8.23. The average molecular weight is 598 g/mol. The van der Waals surface area contributed by atoms with Crippen LogP contribution in [-0.2, 0) is 0 Å². The van der Waals surface area contributed by atoms with Gasteiger partial charge in [-0.15, -0.1) is 0 Å². The molecule has 10 aromatic rings. The molecule has 0 aliphatic carbocycles. The van der Waals surface area contributed by atoms with Crippen LogP contribution in [0.15, 0.2) is 164 Å². The Morgan fingerprint density at radius 1 is 0.362 bits per heavy atom. The van der Waals surface area contributed by atoms with E-state index in [0.29, 0.717) is 0 Å². The highest BCUT2D eigenvalue weighted by Crippen LogP contribution is 2.40. The summed E-state index contributed by atoms with van der Waals surface area (Å²) in [7, 11) is 0. The molecule has 0 unspecified atom stereocenters. The van der Waals surface area contributed by atoms with Crippen molar-refractivity contribution in [3.8, 4) is 28.2 Å². The van der Waals surface area contributed by atoms with E-state index in [0.717, 1.165) is 39.1 Å². The lowest BCUT2D eigenvalue weighted by atomic mass is 9.95. The number of rotatable bonds is 3. The van der Waals surface area contributed by atoms with Crippen LogP contribution in [0.25, 0.3) is 93.4 Å². The maximum absolute atomic E-state index is 5.35. The SMILES string of the molecule is c1ccc(-c2ccc(-c3nc4ccccc4nc3-n3c4ccccc4c4cc5c(ccc6ccc7ccccc7c65)cc43)cc2)cc1. The van der Waals surface area contributed by atoms with E-state index in [1.54, 1.807) is 0 Å². The topological polar surface area (TPSA) is 30.7 Å². The van der Waals surface area contributed by atoms with Gasteiger partial charge in [0.1, 0.15) is 5.69 Å². The van der Waals surface area contributed by atoms with E-state index >= 15 is 0 Å². The molecule has 0 aliphatic rings. The zero-order chi connectivity index (χ0) is 30.9. The Labute approximate surface area is 271 Å². The van der Waals surface area contributed by atoms with Crippen LogP contribution in [0.3, 0.4) is 0 Å². The van der Waals surface area contributed by atoms with E-state index in [1.807, 2.05) is 18.2 Å². The summed E-state index contributed by atoms with van der Waals surface area (Å²) >= 11 is 0. The van der Waals surface area contributed by atoms with Crippen molar-refractivity contribution in [3.63, 3.8) is 0 Å². The monoisotopic (exact) mass is 597 g/mol. The van der Waals surface area contributed by atoms with Gasteiger partial charge in [0, 0.05) is 16.3 Å². The highest BCUT2D eigenvalue weighted by Gasteiger charge is 2.20. The molecule has 0 atom stereocenters. The van der Waals surface area contributed by atoms with Gasteiger partial charge in [0.2, 0.25) is 0 Å². The summed E-state index contributed by atoms with van der Waals surface area (Å²) in [6.45, 7) is 0. The van der Waals surface area contributed by atoms with Crippen molar-refractivity contribution < 1.29 is 0 Å². The largest absolute Gasteiger partial charge is 0.292 e. The molecule has 2 aromatic heterocycles. The van der Waals surface area contributed by atoms with Gasteiger partial charge in [-0.25, -0.2) is 9.97 Å². The second kappa shape index (κ2) is 10.1. The molecular formula is C44H27N3. The highest BCUT2D eigenvalue weighted by molar-refractivity contribution is 6.24. The first kappa shape index (κ1) is 26.0. The van der Waals surface area contributed by atoms with Crippen LogP contribution < -0.4 is 0 Å². The number of aromatic nitrogens is 3. The Bertz CT molecular complexity index is 2830. The number of benzene rings is 8. The summed E-state index contributed by atoms with van der Waals surface area (Å²) in [5, 5.41) is 9.94. The number of nitrogens with zero attached hydrogens (tertiary/aromatic N) is 3.